The van der Waals surface area contributed by atoms with Crippen molar-refractivity contribution in [2.75, 3.05) is 48.7 Å². The van der Waals surface area contributed by atoms with Crippen molar-refractivity contribution in [1.29, 1.82) is 0 Å². The first kappa shape index (κ1) is 105. The maximum Gasteiger partial charge on any atom is 0.205 e. The molecule has 18 rings (SSSR count). The number of carbonyl (C=O) groups excluding carboxylic acids is 4. The van der Waals surface area contributed by atoms with E-state index < -0.39 is 0 Å². The largest absolute Gasteiger partial charge is 0.507 e. The number of hydrogen-bond acceptors (Lipinski definition) is 18. The molecule has 6 aliphatic rings. The molecule has 0 saturated heterocycles. The number of ketones is 4. The summed E-state index contributed by atoms with van der Waals surface area (Å²) in [6, 6.07) is 59.2. The fourth-order valence-electron chi connectivity index (χ4n) is 16.4. The second-order valence-corrected chi connectivity index (χ2v) is 46.1. The zero-order chi connectivity index (χ0) is 100. The molecule has 18 heteroatoms. The van der Waals surface area contributed by atoms with E-state index in [0.29, 0.717) is 50.7 Å². The number of aromatic nitrogens is 4. The van der Waals surface area contributed by atoms with Crippen LogP contribution in [0.3, 0.4) is 0 Å². The maximum absolute atomic E-state index is 11.5. The van der Waals surface area contributed by atoms with Crippen molar-refractivity contribution in [1.82, 2.24) is 19.9 Å². The molecule has 0 radical (unpaired) electrons. The molecule has 12 nitrogen and oxygen atoms in total. The van der Waals surface area contributed by atoms with Gasteiger partial charge in [-0.25, -0.2) is 19.9 Å². The lowest BCUT2D eigenvalue weighted by Gasteiger charge is -2.32. The molecule has 2 aromatic heterocycles. The van der Waals surface area contributed by atoms with Crippen LogP contribution in [0, 0.1) is 84.9 Å². The van der Waals surface area contributed by atoms with E-state index in [0.717, 1.165) is 85.8 Å². The quantitative estimate of drug-likeness (QED) is 0.118. The zero-order valence-corrected chi connectivity index (χ0v) is 88.6. The number of nitrogens with zero attached hydrogens (tertiary/aromatic N) is 4. The molecule has 2 N–H and O–H groups in total. The van der Waals surface area contributed by atoms with Gasteiger partial charge < -0.3 is 19.7 Å². The summed E-state index contributed by atoms with van der Waals surface area (Å²) in [6.07, 6.45) is 14.2. The van der Waals surface area contributed by atoms with E-state index in [-0.39, 0.29) is 67.1 Å². The highest BCUT2D eigenvalue weighted by Crippen LogP contribution is 2.48. The Morgan fingerprint density at radius 2 is 0.507 bits per heavy atom. The summed E-state index contributed by atoms with van der Waals surface area (Å²) in [5.41, 5.74) is 22.3. The minimum absolute atomic E-state index is 0.0206. The first-order chi connectivity index (χ1) is 66.6. The summed E-state index contributed by atoms with van der Waals surface area (Å²) in [6.45, 7) is 37.4. The number of thioether (sulfide) groups is 6. The molecule has 140 heavy (non-hydrogen) atoms. The number of carbonyl (C=O) groups is 4. The average Bonchev–Trinajstić information content (AvgIpc) is 0.804. The van der Waals surface area contributed by atoms with Gasteiger partial charge >= 0.3 is 0 Å². The molecule has 0 unspecified atom stereocenters. The molecule has 712 valence electrons. The predicted molar refractivity (Wildman–Crippen MR) is 580 cm³/mol. The Balaban J connectivity index is 0.000000142. The summed E-state index contributed by atoms with van der Waals surface area (Å²) in [7, 11) is 3.20. The van der Waals surface area contributed by atoms with Gasteiger partial charge in [-0.1, -0.05) is 148 Å². The van der Waals surface area contributed by atoms with Crippen LogP contribution in [0.25, 0.3) is 0 Å². The van der Waals surface area contributed by atoms with Gasteiger partial charge in [0.2, 0.25) is 5.82 Å². The third kappa shape index (κ3) is 27.7. The highest BCUT2D eigenvalue weighted by molar-refractivity contribution is 8.00. The monoisotopic (exact) mass is 1960 g/mol. The van der Waals surface area contributed by atoms with Crippen LogP contribution in [0.5, 0.6) is 23.0 Å². The van der Waals surface area contributed by atoms with Crippen LogP contribution in [0.1, 0.15) is 303 Å². The summed E-state index contributed by atoms with van der Waals surface area (Å²) in [5, 5.41) is 20.1. The SMILES string of the molecule is CC(=O)c1ccc(C#Cc2ccc3c(c2)C(C)(C)CCS3)c(O)c1.CC(=O)c1ccc(C#Cc2ccc3c(c2)C(C)(C)CCS3)c(O)c1.COc1cc(C(C)=O)ccc1C#Cc1ccc2c(c1)C(C)(C)CCS2.COc1cc(C(C)=O)ccc1C#Cc1ccc2c(c1)C(C)(C)CCS2.Cc1cnc(C#Cc2ccc3c(c2)C(C)(C)CCS3)nc1.Cc1ncc(C#Cc2ccc3c(c2)C(C)(C)CCS3)cn1. The highest BCUT2D eigenvalue weighted by Gasteiger charge is 2.34. The second-order valence-electron chi connectivity index (χ2n) is 39.3. The molecule has 8 heterocycles. The predicted octanol–water partition coefficient (Wildman–Crippen LogP) is 27.6. The Kier molecular flexibility index (Phi) is 34.8. The van der Waals surface area contributed by atoms with E-state index in [1.54, 1.807) is 101 Å². The van der Waals surface area contributed by atoms with Gasteiger partial charge in [-0.2, -0.15) is 0 Å². The van der Waals surface area contributed by atoms with Crippen LogP contribution in [-0.4, -0.2) is 102 Å². The Morgan fingerprint density at radius 1 is 0.279 bits per heavy atom. The van der Waals surface area contributed by atoms with Gasteiger partial charge in [-0.3, -0.25) is 19.2 Å². The summed E-state index contributed by atoms with van der Waals surface area (Å²) in [4.78, 5) is 70.7. The zero-order valence-electron chi connectivity index (χ0n) is 83.7. The Labute approximate surface area is 854 Å². The van der Waals surface area contributed by atoms with Crippen LogP contribution in [0.2, 0.25) is 0 Å². The molecule has 0 fully saturated rings. The Morgan fingerprint density at radius 3 is 0.757 bits per heavy atom. The van der Waals surface area contributed by atoms with E-state index in [9.17, 15) is 29.4 Å². The number of Topliss-reactive ketones (excluding diaryl/α,β-unsaturated/α-hetero) is 4. The number of hydrogen-bond donors (Lipinski definition) is 2. The lowest BCUT2D eigenvalue weighted by molar-refractivity contribution is 0.100. The smallest absolute Gasteiger partial charge is 0.205 e. The van der Waals surface area contributed by atoms with Crippen molar-refractivity contribution in [2.24, 2.45) is 0 Å². The van der Waals surface area contributed by atoms with Gasteiger partial charge in [0.25, 0.3) is 0 Å². The lowest BCUT2D eigenvalue weighted by atomic mass is 9.81. The number of methoxy groups -OCH3 is 2. The number of rotatable bonds is 6. The van der Waals surface area contributed by atoms with Crippen molar-refractivity contribution in [2.45, 2.75) is 225 Å². The van der Waals surface area contributed by atoms with E-state index >= 15 is 0 Å². The number of aryl methyl sites for hydroxylation is 2. The normalized spacial score (nSPS) is 15.2. The molecule has 6 aliphatic heterocycles. The van der Waals surface area contributed by atoms with Crippen LogP contribution < -0.4 is 9.47 Å². The minimum Gasteiger partial charge on any atom is -0.507 e. The minimum atomic E-state index is -0.0702. The molecular weight excluding hydrogens is 1840 g/mol. The van der Waals surface area contributed by atoms with Gasteiger partial charge in [0.15, 0.2) is 23.1 Å². The number of aromatic hydroxyl groups is 2. The molecule has 0 amide bonds. The molecule has 0 bridgehead atoms. The third-order valence-electron chi connectivity index (χ3n) is 25.8. The topological polar surface area (TPSA) is 179 Å². The molecule has 0 atom stereocenters. The molecule has 12 aromatic rings. The summed E-state index contributed by atoms with van der Waals surface area (Å²) < 4.78 is 10.8. The lowest BCUT2D eigenvalue weighted by Crippen LogP contribution is -2.22. The molecule has 0 saturated carbocycles. The highest BCUT2D eigenvalue weighted by atomic mass is 32.2. The Bertz CT molecular complexity index is 6730. The van der Waals surface area contributed by atoms with Crippen molar-refractivity contribution in [3.63, 3.8) is 0 Å². The van der Waals surface area contributed by atoms with Crippen molar-refractivity contribution >= 4 is 93.7 Å². The molecular formula is C122H120N4O8S6. The molecule has 0 spiro atoms. The fourth-order valence-corrected chi connectivity index (χ4v) is 25.3. The van der Waals surface area contributed by atoms with Gasteiger partial charge in [0.05, 0.1) is 42.0 Å². The van der Waals surface area contributed by atoms with Crippen molar-refractivity contribution in [3.8, 4) is 94.0 Å². The first-order valence-corrected chi connectivity index (χ1v) is 52.9. The number of ether oxygens (including phenoxy) is 2. The van der Waals surface area contributed by atoms with Crippen LogP contribution in [0.15, 0.2) is 236 Å². The van der Waals surface area contributed by atoms with Crippen molar-refractivity contribution in [3.05, 3.63) is 341 Å². The van der Waals surface area contributed by atoms with Crippen LogP contribution >= 0.6 is 70.6 Å². The number of fused-ring (bicyclic) bond motifs is 6. The van der Waals surface area contributed by atoms with Crippen molar-refractivity contribution < 1.29 is 38.9 Å². The second kappa shape index (κ2) is 46.4. The number of phenolic OH excluding ortho intramolecular Hbond substituents is 2. The van der Waals surface area contributed by atoms with E-state index in [4.69, 9.17) is 9.47 Å². The first-order valence-electron chi connectivity index (χ1n) is 47.0. The van der Waals surface area contributed by atoms with E-state index in [1.807, 2.05) is 109 Å². The number of benzene rings is 10. The fraction of sp³-hybridized carbons (Fsp3) is 0.311. The molecule has 0 aliphatic carbocycles. The van der Waals surface area contributed by atoms with Gasteiger partial charge in [0.1, 0.15) is 28.8 Å². The number of phenols is 2. The van der Waals surface area contributed by atoms with Gasteiger partial charge in [-0.15, -0.1) is 70.6 Å². The molecule has 10 aromatic carbocycles. The Hall–Kier alpha value is -12.3. The van der Waals surface area contributed by atoms with Gasteiger partial charge in [0, 0.05) is 110 Å². The summed E-state index contributed by atoms with van der Waals surface area (Å²) >= 11 is 11.5. The third-order valence-corrected chi connectivity index (χ3v) is 32.2. The van der Waals surface area contributed by atoms with E-state index in [1.165, 1.54) is 137 Å². The van der Waals surface area contributed by atoms with E-state index in [2.05, 4.69) is 271 Å². The summed E-state index contributed by atoms with van der Waals surface area (Å²) in [5.74, 6) is 47.4. The standard InChI is InChI=1S/2C22H22O2S.2C21H20O2S.2C18H18N2S/c2*1-15(23)18-9-8-17(20(14-18)24-4)7-5-16-6-10-21-19(13-16)22(2,3)11-12-25-21;2*1-14(22)17-8-7-16(19(23)13-17)6-4-15-5-9-20-18(12-15)21(2,3)10-11-24-20;1-13-11-19-17(20-12-13)7-5-14-4-6-16-15(10-14)18(2,3)8-9-21-16;1-13-19-11-15(12-20-13)5-4-14-6-7-17-16(10-14)18(2,3)8-9-21-17/h2*6,8-10,13-14H,11-12H2,1-4H3;2*5,7-9,12-13,23H,10-11H2,1-3H3;4,6,10-12H,8-9H2,1-3H3;6-7,10-12H,8-9H2,1-3H3. The average molecular weight is 1960 g/mol. The van der Waals surface area contributed by atoms with Crippen LogP contribution in [-0.2, 0) is 32.5 Å². The van der Waals surface area contributed by atoms with Gasteiger partial charge in [-0.05, 0) is 374 Å². The maximum atomic E-state index is 11.5. The van der Waals surface area contributed by atoms with Crippen LogP contribution in [0.4, 0.5) is 0 Å².